The first kappa shape index (κ1) is 15.5. The molecule has 2 rings (SSSR count). The van der Waals surface area contributed by atoms with Crippen molar-refractivity contribution in [3.05, 3.63) is 57.6 Å². The van der Waals surface area contributed by atoms with Crippen LogP contribution in [0.25, 0.3) is 0 Å². The highest BCUT2D eigenvalue weighted by molar-refractivity contribution is 6.35. The summed E-state index contributed by atoms with van der Waals surface area (Å²) in [6.45, 7) is 0.376. The number of aromatic hydroxyl groups is 1. The normalized spacial score (nSPS) is 10.4. The molecule has 0 atom stereocenters. The van der Waals surface area contributed by atoms with E-state index < -0.39 is 0 Å². The Morgan fingerprint density at radius 2 is 1.86 bits per heavy atom. The van der Waals surface area contributed by atoms with Crippen molar-refractivity contribution < 1.29 is 9.90 Å². The van der Waals surface area contributed by atoms with Crippen LogP contribution in [0.2, 0.25) is 10.0 Å². The number of carbonyl (C=O) groups excluding carboxylic acids is 1. The summed E-state index contributed by atoms with van der Waals surface area (Å²) in [6.07, 6.45) is 0.213. The van der Waals surface area contributed by atoms with Crippen LogP contribution in [0.15, 0.2) is 36.4 Å². The van der Waals surface area contributed by atoms with Crippen molar-refractivity contribution in [3.63, 3.8) is 0 Å². The molecule has 110 valence electrons. The van der Waals surface area contributed by atoms with Crippen LogP contribution in [0.1, 0.15) is 11.1 Å². The smallest absolute Gasteiger partial charge is 0.221 e. The molecule has 0 radical (unpaired) electrons. The zero-order chi connectivity index (χ0) is 15.4. The second-order valence-electron chi connectivity index (χ2n) is 4.59. The molecule has 4 N–H and O–H groups in total. The topological polar surface area (TPSA) is 75.4 Å². The molecule has 0 saturated heterocycles. The van der Waals surface area contributed by atoms with Crippen LogP contribution in [0.3, 0.4) is 0 Å². The van der Waals surface area contributed by atoms with Crippen LogP contribution in [0.4, 0.5) is 5.69 Å². The molecular weight excluding hydrogens is 311 g/mol. The summed E-state index contributed by atoms with van der Waals surface area (Å²) in [5, 5.41) is 13.7. The van der Waals surface area contributed by atoms with Crippen LogP contribution in [0, 0.1) is 0 Å². The van der Waals surface area contributed by atoms with Crippen molar-refractivity contribution in [3.8, 4) is 5.75 Å². The van der Waals surface area contributed by atoms with E-state index in [1.807, 2.05) is 24.3 Å². The molecule has 0 aliphatic carbocycles. The number of nitrogens with one attached hydrogen (secondary N) is 1. The maximum atomic E-state index is 10.8. The Hall–Kier alpha value is -1.91. The van der Waals surface area contributed by atoms with Gasteiger partial charge in [0.05, 0.1) is 11.4 Å². The molecule has 0 aromatic heterocycles. The fraction of sp³-hybridized carbons (Fsp3) is 0.133. The van der Waals surface area contributed by atoms with E-state index in [9.17, 15) is 9.90 Å². The molecule has 6 heteroatoms. The van der Waals surface area contributed by atoms with E-state index in [1.54, 1.807) is 6.07 Å². The lowest BCUT2D eigenvalue weighted by atomic mass is 10.1. The van der Waals surface area contributed by atoms with Gasteiger partial charge in [0.25, 0.3) is 0 Å². The van der Waals surface area contributed by atoms with Gasteiger partial charge in [0.2, 0.25) is 5.91 Å². The fourth-order valence-corrected chi connectivity index (χ4v) is 2.43. The summed E-state index contributed by atoms with van der Waals surface area (Å²) in [4.78, 5) is 10.8. The van der Waals surface area contributed by atoms with E-state index in [0.717, 1.165) is 11.3 Å². The molecule has 0 aliphatic rings. The molecule has 0 heterocycles. The Labute approximate surface area is 132 Å². The van der Waals surface area contributed by atoms with E-state index >= 15 is 0 Å². The number of carbonyl (C=O) groups is 1. The molecule has 0 spiro atoms. The molecule has 1 amide bonds. The average Bonchev–Trinajstić information content (AvgIpc) is 2.42. The van der Waals surface area contributed by atoms with Crippen molar-refractivity contribution in [2.24, 2.45) is 5.73 Å². The number of phenolic OH excluding ortho intramolecular Hbond substituents is 1. The summed E-state index contributed by atoms with van der Waals surface area (Å²) in [5.74, 6) is -0.354. The van der Waals surface area contributed by atoms with Gasteiger partial charge in [0.1, 0.15) is 5.75 Å². The number of primary amides is 1. The second-order valence-corrected chi connectivity index (χ2v) is 5.43. The van der Waals surface area contributed by atoms with Gasteiger partial charge in [0, 0.05) is 22.8 Å². The maximum Gasteiger partial charge on any atom is 0.221 e. The molecule has 0 aliphatic heterocycles. The van der Waals surface area contributed by atoms with Crippen molar-refractivity contribution >= 4 is 34.8 Å². The highest BCUT2D eigenvalue weighted by Gasteiger charge is 2.08. The van der Waals surface area contributed by atoms with E-state index in [1.165, 1.54) is 6.07 Å². The summed E-state index contributed by atoms with van der Waals surface area (Å²) in [6, 6.07) is 10.4. The fourth-order valence-electron chi connectivity index (χ4n) is 1.89. The number of hydrogen-bond donors (Lipinski definition) is 3. The molecule has 0 fully saturated rings. The quantitative estimate of drug-likeness (QED) is 0.789. The first-order valence-corrected chi connectivity index (χ1v) is 6.99. The Bertz CT molecular complexity index is 657. The molecule has 0 unspecified atom stereocenters. The van der Waals surface area contributed by atoms with E-state index in [4.69, 9.17) is 28.9 Å². The molecule has 0 bridgehead atoms. The van der Waals surface area contributed by atoms with Crippen molar-refractivity contribution in [2.45, 2.75) is 13.0 Å². The van der Waals surface area contributed by atoms with Crippen molar-refractivity contribution in [1.29, 1.82) is 0 Å². The minimum absolute atomic E-state index is 0.0129. The van der Waals surface area contributed by atoms with E-state index in [2.05, 4.69) is 5.32 Å². The van der Waals surface area contributed by atoms with Gasteiger partial charge in [-0.2, -0.15) is 0 Å². The van der Waals surface area contributed by atoms with Gasteiger partial charge in [-0.3, -0.25) is 4.79 Å². The number of phenols is 1. The zero-order valence-electron chi connectivity index (χ0n) is 11.1. The minimum atomic E-state index is -0.366. The monoisotopic (exact) mass is 324 g/mol. The van der Waals surface area contributed by atoms with E-state index in [-0.39, 0.29) is 23.1 Å². The Morgan fingerprint density at radius 1 is 1.19 bits per heavy atom. The first-order chi connectivity index (χ1) is 9.95. The molecule has 21 heavy (non-hydrogen) atoms. The van der Waals surface area contributed by atoms with Crippen molar-refractivity contribution in [2.75, 3.05) is 5.32 Å². The molecule has 2 aromatic carbocycles. The van der Waals surface area contributed by atoms with Crippen molar-refractivity contribution in [1.82, 2.24) is 0 Å². The van der Waals surface area contributed by atoms with Crippen LogP contribution < -0.4 is 11.1 Å². The van der Waals surface area contributed by atoms with Gasteiger partial charge >= 0.3 is 0 Å². The SMILES string of the molecule is NC(=O)Cc1ccc(NCc2cc(Cl)cc(Cl)c2O)cc1. The van der Waals surface area contributed by atoms with Gasteiger partial charge in [-0.05, 0) is 29.8 Å². The lowest BCUT2D eigenvalue weighted by Gasteiger charge is -2.10. The molecule has 0 saturated carbocycles. The summed E-state index contributed by atoms with van der Waals surface area (Å²) in [7, 11) is 0. The number of benzene rings is 2. The van der Waals surface area contributed by atoms with Gasteiger partial charge in [0.15, 0.2) is 0 Å². The lowest BCUT2D eigenvalue weighted by molar-refractivity contribution is -0.117. The first-order valence-electron chi connectivity index (χ1n) is 6.23. The zero-order valence-corrected chi connectivity index (χ0v) is 12.6. The number of anilines is 1. The van der Waals surface area contributed by atoms with Gasteiger partial charge in [-0.1, -0.05) is 35.3 Å². The van der Waals surface area contributed by atoms with Crippen LogP contribution in [-0.4, -0.2) is 11.0 Å². The van der Waals surface area contributed by atoms with Gasteiger partial charge < -0.3 is 16.2 Å². The lowest BCUT2D eigenvalue weighted by Crippen LogP contribution is -2.13. The number of amides is 1. The van der Waals surface area contributed by atoms with Crippen LogP contribution in [-0.2, 0) is 17.8 Å². The molecule has 2 aromatic rings. The largest absolute Gasteiger partial charge is 0.506 e. The summed E-state index contributed by atoms with van der Waals surface area (Å²) in [5.41, 5.74) is 7.43. The van der Waals surface area contributed by atoms with Crippen LogP contribution >= 0.6 is 23.2 Å². The second kappa shape index (κ2) is 6.70. The summed E-state index contributed by atoms with van der Waals surface area (Å²) >= 11 is 11.8. The highest BCUT2D eigenvalue weighted by atomic mass is 35.5. The third-order valence-corrected chi connectivity index (χ3v) is 3.43. The Balaban J connectivity index is 2.05. The minimum Gasteiger partial charge on any atom is -0.506 e. The number of halogens is 2. The van der Waals surface area contributed by atoms with Crippen LogP contribution in [0.5, 0.6) is 5.75 Å². The van der Waals surface area contributed by atoms with Gasteiger partial charge in [-0.25, -0.2) is 0 Å². The van der Waals surface area contributed by atoms with E-state index in [0.29, 0.717) is 17.1 Å². The highest BCUT2D eigenvalue weighted by Crippen LogP contribution is 2.31. The number of hydrogen-bond acceptors (Lipinski definition) is 3. The predicted octanol–water partition coefficient (Wildman–Crippen LogP) is 3.34. The Morgan fingerprint density at radius 3 is 2.48 bits per heavy atom. The molecule has 4 nitrogen and oxygen atoms in total. The van der Waals surface area contributed by atoms with Gasteiger partial charge in [-0.15, -0.1) is 0 Å². The predicted molar refractivity (Wildman–Crippen MR) is 84.8 cm³/mol. The average molecular weight is 325 g/mol. The third kappa shape index (κ3) is 4.28. The molecular formula is C15H14Cl2N2O2. The Kier molecular flexibility index (Phi) is 4.94. The standard InChI is InChI=1S/C15H14Cl2N2O2/c16-11-6-10(15(21)13(17)7-11)8-19-12-3-1-9(2-4-12)5-14(18)20/h1-4,6-7,19,21H,5,8H2,(H2,18,20). The maximum absolute atomic E-state index is 10.8. The number of nitrogens with two attached hydrogens (primary N) is 1. The summed E-state index contributed by atoms with van der Waals surface area (Å²) < 4.78 is 0. The number of rotatable bonds is 5. The third-order valence-electron chi connectivity index (χ3n) is 2.92.